The molecule has 9 nitrogen and oxygen atoms in total. The SMILES string of the molecule is Cc1ccc(OC(=O)CC(C)(C)OCCC(C)C)c2c1C13CCN(CC4CC4)C(C)[C@]1(O)CC[C@@H](NC(=O)c1ccncc1)[C@@H]3O2. The van der Waals surface area contributed by atoms with Gasteiger partial charge in [0.05, 0.1) is 29.1 Å². The van der Waals surface area contributed by atoms with Crippen molar-refractivity contribution in [1.82, 2.24) is 15.2 Å². The average molecular weight is 634 g/mol. The number of aliphatic hydroxyl groups is 1. The van der Waals surface area contributed by atoms with Gasteiger partial charge < -0.3 is 24.6 Å². The summed E-state index contributed by atoms with van der Waals surface area (Å²) in [6, 6.07) is 6.69. The van der Waals surface area contributed by atoms with Gasteiger partial charge >= 0.3 is 5.97 Å². The number of carbonyl (C=O) groups is 2. The summed E-state index contributed by atoms with van der Waals surface area (Å²) < 4.78 is 19.0. The van der Waals surface area contributed by atoms with Crippen LogP contribution in [0.25, 0.3) is 0 Å². The van der Waals surface area contributed by atoms with Crippen LogP contribution < -0.4 is 14.8 Å². The standard InChI is InChI=1S/C37H51N3O6/c1-23(2)14-20-44-35(5,6)21-30(41)45-29-10-7-24(3)31-32(29)46-33-28(39-34(42)27-12-17-38-18-13-27)11-15-37(43)25(4)40(22-26-8-9-26)19-16-36(31,33)37/h7,10,12-13,17-18,23,25-26,28,33,43H,8-9,11,14-16,19-22H2,1-6H3,(H,39,42)/t25?,28-,33+,36?,37-/m1/s1. The zero-order chi connectivity index (χ0) is 32.9. The first-order valence-electron chi connectivity index (χ1n) is 17.2. The largest absolute Gasteiger partial charge is 0.483 e. The Kier molecular flexibility index (Phi) is 8.98. The highest BCUT2D eigenvalue weighted by molar-refractivity contribution is 5.94. The van der Waals surface area contributed by atoms with Gasteiger partial charge in [0.1, 0.15) is 6.10 Å². The van der Waals surface area contributed by atoms with Crippen LogP contribution in [-0.4, -0.2) is 76.0 Å². The van der Waals surface area contributed by atoms with Gasteiger partial charge in [-0.2, -0.15) is 0 Å². The predicted octanol–water partition coefficient (Wildman–Crippen LogP) is 5.35. The lowest BCUT2D eigenvalue weighted by Gasteiger charge is -2.61. The molecule has 2 N–H and O–H groups in total. The summed E-state index contributed by atoms with van der Waals surface area (Å²) in [5.41, 5.74) is -0.164. The van der Waals surface area contributed by atoms with Crippen molar-refractivity contribution in [2.75, 3.05) is 19.7 Å². The van der Waals surface area contributed by atoms with Crippen LogP contribution in [0, 0.1) is 18.8 Å². The number of carbonyl (C=O) groups excluding carboxylic acids is 2. The lowest BCUT2D eigenvalue weighted by Crippen LogP contribution is -2.76. The van der Waals surface area contributed by atoms with Gasteiger partial charge in [-0.05, 0) is 108 Å². The number of pyridine rings is 1. The van der Waals surface area contributed by atoms with Crippen LogP contribution >= 0.6 is 0 Å². The molecule has 2 aliphatic carbocycles. The number of esters is 1. The third-order valence-electron chi connectivity index (χ3n) is 10.9. The number of hydrogen-bond acceptors (Lipinski definition) is 8. The Bertz CT molecular complexity index is 1440. The van der Waals surface area contributed by atoms with E-state index in [-0.39, 0.29) is 24.4 Å². The Morgan fingerprint density at radius 2 is 1.89 bits per heavy atom. The maximum Gasteiger partial charge on any atom is 0.314 e. The van der Waals surface area contributed by atoms with E-state index < -0.39 is 28.7 Å². The molecule has 5 atom stereocenters. The summed E-state index contributed by atoms with van der Waals surface area (Å²) in [4.78, 5) is 33.3. The number of aryl methyl sites for hydroxylation is 1. The van der Waals surface area contributed by atoms with E-state index in [2.05, 4.69) is 36.0 Å². The van der Waals surface area contributed by atoms with E-state index >= 15 is 0 Å². The first-order chi connectivity index (χ1) is 21.8. The molecule has 2 unspecified atom stereocenters. The molecule has 3 heterocycles. The molecule has 4 aliphatic rings. The van der Waals surface area contributed by atoms with Gasteiger partial charge in [0.25, 0.3) is 5.91 Å². The highest BCUT2D eigenvalue weighted by atomic mass is 16.6. The van der Waals surface area contributed by atoms with Crippen molar-refractivity contribution in [2.24, 2.45) is 11.8 Å². The Labute approximate surface area is 273 Å². The summed E-state index contributed by atoms with van der Waals surface area (Å²) in [5, 5.41) is 16.2. The first kappa shape index (κ1) is 32.9. The zero-order valence-corrected chi connectivity index (χ0v) is 28.3. The van der Waals surface area contributed by atoms with Crippen LogP contribution in [0.4, 0.5) is 0 Å². The first-order valence-corrected chi connectivity index (χ1v) is 17.2. The highest BCUT2D eigenvalue weighted by Crippen LogP contribution is 2.63. The molecule has 1 spiro atoms. The fraction of sp³-hybridized carbons (Fsp3) is 0.649. The summed E-state index contributed by atoms with van der Waals surface area (Å²) in [5.74, 6) is 1.46. The number of rotatable bonds is 11. The van der Waals surface area contributed by atoms with Crippen molar-refractivity contribution in [2.45, 2.75) is 121 Å². The van der Waals surface area contributed by atoms with Gasteiger partial charge in [0.15, 0.2) is 11.5 Å². The molecule has 6 rings (SSSR count). The molecule has 3 fully saturated rings. The normalized spacial score (nSPS) is 29.0. The van der Waals surface area contributed by atoms with Crippen molar-refractivity contribution in [1.29, 1.82) is 0 Å². The number of aromatic nitrogens is 1. The number of hydrogen-bond donors (Lipinski definition) is 2. The number of piperidine rings is 1. The molecule has 1 aromatic heterocycles. The van der Waals surface area contributed by atoms with Gasteiger partial charge in [0.2, 0.25) is 0 Å². The second-order valence-electron chi connectivity index (χ2n) is 15.2. The van der Waals surface area contributed by atoms with E-state index in [1.165, 1.54) is 12.8 Å². The lowest BCUT2D eigenvalue weighted by atomic mass is 9.51. The number of amides is 1. The topological polar surface area (TPSA) is 110 Å². The van der Waals surface area contributed by atoms with Crippen molar-refractivity contribution < 1.29 is 28.9 Å². The molecule has 0 bridgehead atoms. The van der Waals surface area contributed by atoms with E-state index in [0.717, 1.165) is 30.6 Å². The number of likely N-dealkylation sites (tertiary alicyclic amines) is 1. The summed E-state index contributed by atoms with van der Waals surface area (Å²) in [6.45, 7) is 14.7. The van der Waals surface area contributed by atoms with Gasteiger partial charge in [0, 0.05) is 42.7 Å². The molecular weight excluding hydrogens is 582 g/mol. The smallest absolute Gasteiger partial charge is 0.314 e. The molecule has 9 heteroatoms. The number of nitrogens with zero attached hydrogens (tertiary/aromatic N) is 2. The second kappa shape index (κ2) is 12.5. The Balaban J connectivity index is 1.33. The lowest BCUT2D eigenvalue weighted by molar-refractivity contribution is -0.181. The molecule has 1 aromatic carbocycles. The summed E-state index contributed by atoms with van der Waals surface area (Å²) >= 11 is 0. The van der Waals surface area contributed by atoms with E-state index in [1.807, 2.05) is 26.8 Å². The average Bonchev–Trinajstić information content (AvgIpc) is 3.75. The molecule has 2 saturated carbocycles. The Hall–Kier alpha value is -3.01. The number of benzene rings is 1. The fourth-order valence-corrected chi connectivity index (χ4v) is 8.22. The van der Waals surface area contributed by atoms with E-state index in [0.29, 0.717) is 54.8 Å². The molecule has 0 radical (unpaired) electrons. The van der Waals surface area contributed by atoms with Crippen LogP contribution in [0.5, 0.6) is 11.5 Å². The van der Waals surface area contributed by atoms with Gasteiger partial charge in [-0.1, -0.05) is 19.9 Å². The zero-order valence-electron chi connectivity index (χ0n) is 28.3. The Morgan fingerprint density at radius 1 is 1.15 bits per heavy atom. The minimum Gasteiger partial charge on any atom is -0.483 e. The van der Waals surface area contributed by atoms with Crippen LogP contribution in [0.15, 0.2) is 36.7 Å². The van der Waals surface area contributed by atoms with Crippen molar-refractivity contribution in [3.8, 4) is 11.5 Å². The minimum absolute atomic E-state index is 0.0873. The third-order valence-corrected chi connectivity index (χ3v) is 10.9. The highest BCUT2D eigenvalue weighted by Gasteiger charge is 2.70. The fourth-order valence-electron chi connectivity index (χ4n) is 8.22. The molecule has 1 amide bonds. The number of nitrogens with one attached hydrogen (secondary N) is 1. The van der Waals surface area contributed by atoms with Gasteiger partial charge in [-0.3, -0.25) is 19.5 Å². The molecule has 1 saturated heterocycles. The van der Waals surface area contributed by atoms with Crippen LogP contribution in [-0.2, 0) is 14.9 Å². The van der Waals surface area contributed by atoms with Crippen molar-refractivity contribution in [3.05, 3.63) is 53.3 Å². The maximum atomic E-state index is 13.4. The quantitative estimate of drug-likeness (QED) is 0.252. The van der Waals surface area contributed by atoms with E-state index in [9.17, 15) is 14.7 Å². The van der Waals surface area contributed by atoms with Crippen LogP contribution in [0.3, 0.4) is 0 Å². The monoisotopic (exact) mass is 633 g/mol. The number of ether oxygens (including phenoxy) is 3. The van der Waals surface area contributed by atoms with Crippen LogP contribution in [0.1, 0.15) is 101 Å². The summed E-state index contributed by atoms with van der Waals surface area (Å²) in [7, 11) is 0. The number of fused-ring (bicyclic) bond motifs is 1. The predicted molar refractivity (Wildman–Crippen MR) is 175 cm³/mol. The van der Waals surface area contributed by atoms with Gasteiger partial charge in [-0.25, -0.2) is 0 Å². The Morgan fingerprint density at radius 3 is 2.59 bits per heavy atom. The summed E-state index contributed by atoms with van der Waals surface area (Å²) in [6.07, 6.45) is 7.93. The van der Waals surface area contributed by atoms with Crippen molar-refractivity contribution in [3.63, 3.8) is 0 Å². The molecule has 2 aliphatic heterocycles. The molecular formula is C37H51N3O6. The molecule has 46 heavy (non-hydrogen) atoms. The van der Waals surface area contributed by atoms with Crippen molar-refractivity contribution >= 4 is 11.9 Å². The van der Waals surface area contributed by atoms with E-state index in [1.54, 1.807) is 30.6 Å². The van der Waals surface area contributed by atoms with E-state index in [4.69, 9.17) is 14.2 Å². The van der Waals surface area contributed by atoms with Gasteiger partial charge in [-0.15, -0.1) is 0 Å². The third kappa shape index (κ3) is 6.06. The molecule has 2 aromatic rings. The minimum atomic E-state index is -1.10. The maximum absolute atomic E-state index is 13.4. The molecule has 250 valence electrons. The van der Waals surface area contributed by atoms with Crippen LogP contribution in [0.2, 0.25) is 0 Å². The second-order valence-corrected chi connectivity index (χ2v) is 15.2.